The highest BCUT2D eigenvalue weighted by atomic mass is 35.5. The molecule has 0 fully saturated rings. The van der Waals surface area contributed by atoms with Gasteiger partial charge < -0.3 is 5.32 Å². The molecule has 1 heterocycles. The second-order valence-corrected chi connectivity index (χ2v) is 4.85. The van der Waals surface area contributed by atoms with Gasteiger partial charge in [0, 0.05) is 5.41 Å². The van der Waals surface area contributed by atoms with E-state index in [0.29, 0.717) is 5.15 Å². The summed E-state index contributed by atoms with van der Waals surface area (Å²) in [6.07, 6.45) is 0.791. The fourth-order valence-electron chi connectivity index (χ4n) is 1.11. The first-order valence-electron chi connectivity index (χ1n) is 5.31. The average molecular weight is 241 g/mol. The van der Waals surface area contributed by atoms with E-state index >= 15 is 0 Å². The van der Waals surface area contributed by atoms with Gasteiger partial charge in [-0.25, -0.2) is 4.98 Å². The molecule has 0 radical (unpaired) electrons. The SMILES string of the molecule is CCC(C)(C)C(=O)Nc1ccc(Cl)nc1C. The summed E-state index contributed by atoms with van der Waals surface area (Å²) in [4.78, 5) is 16.0. The number of amides is 1. The van der Waals surface area contributed by atoms with Crippen LogP contribution in [0.15, 0.2) is 12.1 Å². The van der Waals surface area contributed by atoms with Crippen LogP contribution in [0.25, 0.3) is 0 Å². The zero-order chi connectivity index (χ0) is 12.3. The summed E-state index contributed by atoms with van der Waals surface area (Å²) in [5, 5.41) is 3.30. The van der Waals surface area contributed by atoms with Crippen LogP contribution < -0.4 is 5.32 Å². The molecule has 88 valence electrons. The quantitative estimate of drug-likeness (QED) is 0.823. The summed E-state index contributed by atoms with van der Waals surface area (Å²) in [5.74, 6) is 0.00206. The first kappa shape index (κ1) is 13.0. The Bertz CT molecular complexity index is 402. The number of hydrogen-bond donors (Lipinski definition) is 1. The second kappa shape index (κ2) is 4.83. The Kier molecular flexibility index (Phi) is 3.92. The standard InChI is InChI=1S/C12H17ClN2O/c1-5-12(3,4)11(16)15-9-6-7-10(13)14-8(9)2/h6-7H,5H2,1-4H3,(H,15,16). The summed E-state index contributed by atoms with van der Waals surface area (Å²) in [5.41, 5.74) is 1.08. The van der Waals surface area contributed by atoms with Crippen LogP contribution in [0.4, 0.5) is 5.69 Å². The number of rotatable bonds is 3. The molecule has 0 aliphatic carbocycles. The molecule has 1 rings (SSSR count). The Morgan fingerprint density at radius 1 is 1.50 bits per heavy atom. The Hall–Kier alpha value is -1.09. The molecule has 1 amide bonds. The summed E-state index contributed by atoms with van der Waals surface area (Å²) >= 11 is 5.75. The summed E-state index contributed by atoms with van der Waals surface area (Å²) < 4.78 is 0. The van der Waals surface area contributed by atoms with Gasteiger partial charge in [0.15, 0.2) is 0 Å². The lowest BCUT2D eigenvalue weighted by Crippen LogP contribution is -2.30. The van der Waals surface area contributed by atoms with E-state index < -0.39 is 0 Å². The minimum absolute atomic E-state index is 0.00206. The third-order valence-electron chi connectivity index (χ3n) is 2.80. The molecular formula is C12H17ClN2O. The van der Waals surface area contributed by atoms with Crippen LogP contribution in [-0.4, -0.2) is 10.9 Å². The molecule has 16 heavy (non-hydrogen) atoms. The van der Waals surface area contributed by atoms with Crippen molar-refractivity contribution >= 4 is 23.2 Å². The monoisotopic (exact) mass is 240 g/mol. The number of aromatic nitrogens is 1. The third kappa shape index (κ3) is 2.95. The number of anilines is 1. The number of pyridine rings is 1. The summed E-state index contributed by atoms with van der Waals surface area (Å²) in [6, 6.07) is 3.44. The van der Waals surface area contributed by atoms with E-state index in [0.717, 1.165) is 17.8 Å². The van der Waals surface area contributed by atoms with Crippen molar-refractivity contribution in [2.75, 3.05) is 5.32 Å². The van der Waals surface area contributed by atoms with Crippen LogP contribution in [0.1, 0.15) is 32.9 Å². The number of carbonyl (C=O) groups is 1. The Balaban J connectivity index is 2.85. The van der Waals surface area contributed by atoms with Gasteiger partial charge in [-0.2, -0.15) is 0 Å². The number of hydrogen-bond acceptors (Lipinski definition) is 2. The normalized spacial score (nSPS) is 11.3. The maximum absolute atomic E-state index is 11.9. The first-order valence-corrected chi connectivity index (χ1v) is 5.69. The van der Waals surface area contributed by atoms with Gasteiger partial charge in [0.25, 0.3) is 0 Å². The van der Waals surface area contributed by atoms with Crippen molar-refractivity contribution in [3.63, 3.8) is 0 Å². The Morgan fingerprint density at radius 2 is 2.12 bits per heavy atom. The van der Waals surface area contributed by atoms with Gasteiger partial charge in [-0.05, 0) is 25.5 Å². The molecule has 0 aliphatic rings. The zero-order valence-corrected chi connectivity index (χ0v) is 10.9. The van der Waals surface area contributed by atoms with Crippen molar-refractivity contribution in [3.8, 4) is 0 Å². The fraction of sp³-hybridized carbons (Fsp3) is 0.500. The van der Waals surface area contributed by atoms with E-state index in [1.54, 1.807) is 12.1 Å². The van der Waals surface area contributed by atoms with Crippen molar-refractivity contribution < 1.29 is 4.79 Å². The molecule has 0 spiro atoms. The predicted molar refractivity (Wildman–Crippen MR) is 66.7 cm³/mol. The predicted octanol–water partition coefficient (Wildman–Crippen LogP) is 3.42. The largest absolute Gasteiger partial charge is 0.324 e. The molecule has 0 bridgehead atoms. The molecule has 3 nitrogen and oxygen atoms in total. The van der Waals surface area contributed by atoms with Gasteiger partial charge in [0.05, 0.1) is 11.4 Å². The Morgan fingerprint density at radius 3 is 2.62 bits per heavy atom. The van der Waals surface area contributed by atoms with Crippen molar-refractivity contribution in [2.45, 2.75) is 34.1 Å². The topological polar surface area (TPSA) is 42.0 Å². The molecule has 0 atom stereocenters. The molecule has 0 saturated heterocycles. The van der Waals surface area contributed by atoms with Crippen LogP contribution in [0.5, 0.6) is 0 Å². The van der Waals surface area contributed by atoms with Gasteiger partial charge in [0.2, 0.25) is 5.91 Å². The highest BCUT2D eigenvalue weighted by Gasteiger charge is 2.25. The molecule has 0 unspecified atom stereocenters. The highest BCUT2D eigenvalue weighted by Crippen LogP contribution is 2.23. The second-order valence-electron chi connectivity index (χ2n) is 4.46. The number of nitrogens with one attached hydrogen (secondary N) is 1. The maximum Gasteiger partial charge on any atom is 0.230 e. The lowest BCUT2D eigenvalue weighted by atomic mass is 9.89. The molecule has 1 aromatic rings. The third-order valence-corrected chi connectivity index (χ3v) is 3.01. The Labute approximate surface area is 101 Å². The van der Waals surface area contributed by atoms with E-state index in [9.17, 15) is 4.79 Å². The van der Waals surface area contributed by atoms with Crippen molar-refractivity contribution in [1.29, 1.82) is 0 Å². The van der Waals surface area contributed by atoms with Crippen molar-refractivity contribution in [1.82, 2.24) is 4.98 Å². The molecule has 1 N–H and O–H groups in total. The molecule has 4 heteroatoms. The summed E-state index contributed by atoms with van der Waals surface area (Å²) in [6.45, 7) is 7.65. The van der Waals surface area contributed by atoms with E-state index in [1.165, 1.54) is 0 Å². The van der Waals surface area contributed by atoms with Crippen LogP contribution in [0.3, 0.4) is 0 Å². The molecule has 0 aromatic carbocycles. The summed E-state index contributed by atoms with van der Waals surface area (Å²) in [7, 11) is 0. The molecule has 1 aromatic heterocycles. The first-order chi connectivity index (χ1) is 7.36. The number of nitrogens with zero attached hydrogens (tertiary/aromatic N) is 1. The molecular weight excluding hydrogens is 224 g/mol. The van der Waals surface area contributed by atoms with Crippen LogP contribution in [0.2, 0.25) is 5.15 Å². The van der Waals surface area contributed by atoms with Gasteiger partial charge >= 0.3 is 0 Å². The van der Waals surface area contributed by atoms with Crippen LogP contribution >= 0.6 is 11.6 Å². The lowest BCUT2D eigenvalue weighted by Gasteiger charge is -2.21. The minimum Gasteiger partial charge on any atom is -0.324 e. The number of halogens is 1. The van der Waals surface area contributed by atoms with Crippen LogP contribution in [0, 0.1) is 12.3 Å². The van der Waals surface area contributed by atoms with Gasteiger partial charge in [-0.1, -0.05) is 32.4 Å². The zero-order valence-electron chi connectivity index (χ0n) is 10.1. The highest BCUT2D eigenvalue weighted by molar-refractivity contribution is 6.29. The number of carbonyl (C=O) groups excluding carboxylic acids is 1. The number of aryl methyl sites for hydroxylation is 1. The molecule has 0 saturated carbocycles. The van der Waals surface area contributed by atoms with E-state index in [2.05, 4.69) is 10.3 Å². The van der Waals surface area contributed by atoms with Gasteiger partial charge in [-0.3, -0.25) is 4.79 Å². The van der Waals surface area contributed by atoms with E-state index in [-0.39, 0.29) is 11.3 Å². The maximum atomic E-state index is 11.9. The van der Waals surface area contributed by atoms with Crippen molar-refractivity contribution in [2.24, 2.45) is 5.41 Å². The van der Waals surface area contributed by atoms with Crippen LogP contribution in [-0.2, 0) is 4.79 Å². The molecule has 0 aliphatic heterocycles. The average Bonchev–Trinajstić information content (AvgIpc) is 2.22. The minimum atomic E-state index is -0.369. The lowest BCUT2D eigenvalue weighted by molar-refractivity contribution is -0.124. The van der Waals surface area contributed by atoms with E-state index in [4.69, 9.17) is 11.6 Å². The van der Waals surface area contributed by atoms with E-state index in [1.807, 2.05) is 27.7 Å². The van der Waals surface area contributed by atoms with Crippen molar-refractivity contribution in [3.05, 3.63) is 23.0 Å². The fourth-order valence-corrected chi connectivity index (χ4v) is 1.30. The smallest absolute Gasteiger partial charge is 0.230 e. The van der Waals surface area contributed by atoms with Gasteiger partial charge in [0.1, 0.15) is 5.15 Å². The van der Waals surface area contributed by atoms with Gasteiger partial charge in [-0.15, -0.1) is 0 Å².